The third-order valence-electron chi connectivity index (χ3n) is 2.91. The molecule has 1 heterocycles. The highest BCUT2D eigenvalue weighted by Gasteiger charge is 2.10. The minimum absolute atomic E-state index is 0.00309. The molecule has 0 saturated carbocycles. The van der Waals surface area contributed by atoms with Gasteiger partial charge in [-0.15, -0.1) is 0 Å². The standard InChI is InChI=1S/C13H15ClN4O2/c1-10(9-17-6-2-5-16-17)15-8-11-3-4-12(18(19)20)7-13(11)14/h2-7,10,15H,8-9H2,1H3. The van der Waals surface area contributed by atoms with Crippen LogP contribution < -0.4 is 5.32 Å². The van der Waals surface area contributed by atoms with Crippen LogP contribution in [0.25, 0.3) is 0 Å². The summed E-state index contributed by atoms with van der Waals surface area (Å²) in [5, 5.41) is 18.5. The van der Waals surface area contributed by atoms with Crippen molar-refractivity contribution in [2.75, 3.05) is 0 Å². The number of halogens is 1. The first-order valence-electron chi connectivity index (χ1n) is 6.20. The normalized spacial score (nSPS) is 12.3. The summed E-state index contributed by atoms with van der Waals surface area (Å²) in [6.07, 6.45) is 3.64. The molecule has 0 spiro atoms. The van der Waals surface area contributed by atoms with Crippen molar-refractivity contribution in [1.29, 1.82) is 0 Å². The van der Waals surface area contributed by atoms with Gasteiger partial charge in [-0.1, -0.05) is 11.6 Å². The minimum Gasteiger partial charge on any atom is -0.308 e. The monoisotopic (exact) mass is 294 g/mol. The lowest BCUT2D eigenvalue weighted by molar-refractivity contribution is -0.384. The van der Waals surface area contributed by atoms with Crippen LogP contribution >= 0.6 is 11.6 Å². The van der Waals surface area contributed by atoms with Crippen molar-refractivity contribution in [3.05, 3.63) is 57.4 Å². The van der Waals surface area contributed by atoms with Gasteiger partial charge in [-0.25, -0.2) is 0 Å². The van der Waals surface area contributed by atoms with Crippen LogP contribution in [0.1, 0.15) is 12.5 Å². The number of nitrogens with one attached hydrogen (secondary N) is 1. The van der Waals surface area contributed by atoms with Gasteiger partial charge in [0.1, 0.15) is 0 Å². The molecule has 0 aliphatic heterocycles. The van der Waals surface area contributed by atoms with Gasteiger partial charge in [0.05, 0.1) is 16.5 Å². The van der Waals surface area contributed by atoms with Crippen molar-refractivity contribution in [3.63, 3.8) is 0 Å². The summed E-state index contributed by atoms with van der Waals surface area (Å²) in [6, 6.07) is 6.59. The summed E-state index contributed by atoms with van der Waals surface area (Å²) in [5.41, 5.74) is 0.841. The molecule has 2 aromatic rings. The Morgan fingerprint density at radius 1 is 1.55 bits per heavy atom. The number of hydrogen-bond acceptors (Lipinski definition) is 4. The Labute approximate surface area is 121 Å². The Bertz CT molecular complexity index is 586. The van der Waals surface area contributed by atoms with Gasteiger partial charge in [0.2, 0.25) is 0 Å². The van der Waals surface area contributed by atoms with E-state index in [1.807, 2.05) is 23.9 Å². The number of aromatic nitrogens is 2. The molecule has 1 N–H and O–H groups in total. The van der Waals surface area contributed by atoms with Crippen molar-refractivity contribution < 1.29 is 4.92 Å². The van der Waals surface area contributed by atoms with Gasteiger partial charge in [0.15, 0.2) is 0 Å². The van der Waals surface area contributed by atoms with Crippen LogP contribution in [0.15, 0.2) is 36.7 Å². The van der Waals surface area contributed by atoms with Gasteiger partial charge >= 0.3 is 0 Å². The Morgan fingerprint density at radius 2 is 2.35 bits per heavy atom. The minimum atomic E-state index is -0.455. The topological polar surface area (TPSA) is 73.0 Å². The molecule has 0 aliphatic carbocycles. The number of nitrogens with zero attached hydrogens (tertiary/aromatic N) is 3. The van der Waals surface area contributed by atoms with Crippen molar-refractivity contribution in [3.8, 4) is 0 Å². The van der Waals surface area contributed by atoms with E-state index in [4.69, 9.17) is 11.6 Å². The summed E-state index contributed by atoms with van der Waals surface area (Å²) < 4.78 is 1.84. The van der Waals surface area contributed by atoms with Crippen LogP contribution in [0.2, 0.25) is 5.02 Å². The highest BCUT2D eigenvalue weighted by Crippen LogP contribution is 2.22. The average molecular weight is 295 g/mol. The van der Waals surface area contributed by atoms with E-state index in [9.17, 15) is 10.1 Å². The Morgan fingerprint density at radius 3 is 2.95 bits per heavy atom. The molecular formula is C13H15ClN4O2. The molecule has 0 amide bonds. The first-order valence-corrected chi connectivity index (χ1v) is 6.57. The molecule has 0 saturated heterocycles. The Kier molecular flexibility index (Phi) is 4.70. The highest BCUT2D eigenvalue weighted by atomic mass is 35.5. The first-order chi connectivity index (χ1) is 9.56. The number of hydrogen-bond donors (Lipinski definition) is 1. The molecule has 0 aliphatic rings. The zero-order chi connectivity index (χ0) is 14.5. The molecular weight excluding hydrogens is 280 g/mol. The van der Waals surface area contributed by atoms with Crippen LogP contribution in [0.4, 0.5) is 5.69 Å². The van der Waals surface area contributed by atoms with Crippen LogP contribution in [0.5, 0.6) is 0 Å². The molecule has 6 nitrogen and oxygen atoms in total. The van der Waals surface area contributed by atoms with Crippen molar-refractivity contribution >= 4 is 17.3 Å². The van der Waals surface area contributed by atoms with Crippen molar-refractivity contribution in [2.45, 2.75) is 26.1 Å². The van der Waals surface area contributed by atoms with Crippen LogP contribution in [0.3, 0.4) is 0 Å². The molecule has 1 aromatic heterocycles. The first kappa shape index (κ1) is 14.5. The van der Waals surface area contributed by atoms with Crippen molar-refractivity contribution in [1.82, 2.24) is 15.1 Å². The molecule has 1 atom stereocenters. The second-order valence-electron chi connectivity index (χ2n) is 4.54. The van der Waals surface area contributed by atoms with E-state index in [1.54, 1.807) is 12.3 Å². The summed E-state index contributed by atoms with van der Waals surface area (Å²) in [4.78, 5) is 10.2. The number of rotatable bonds is 6. The second-order valence-corrected chi connectivity index (χ2v) is 4.95. The van der Waals surface area contributed by atoms with Crippen molar-refractivity contribution in [2.24, 2.45) is 0 Å². The van der Waals surface area contributed by atoms with E-state index >= 15 is 0 Å². The second kappa shape index (κ2) is 6.49. The number of nitro benzene ring substituents is 1. The Balaban J connectivity index is 1.92. The maximum absolute atomic E-state index is 10.6. The Hall–Kier alpha value is -1.92. The quantitative estimate of drug-likeness (QED) is 0.656. The van der Waals surface area contributed by atoms with Gasteiger partial charge in [-0.3, -0.25) is 14.8 Å². The fourth-order valence-electron chi connectivity index (χ4n) is 1.83. The zero-order valence-electron chi connectivity index (χ0n) is 11.0. The van der Waals surface area contributed by atoms with E-state index in [2.05, 4.69) is 10.4 Å². The molecule has 0 fully saturated rings. The maximum atomic E-state index is 10.6. The molecule has 2 rings (SSSR count). The molecule has 20 heavy (non-hydrogen) atoms. The number of non-ortho nitro benzene ring substituents is 1. The number of nitro groups is 1. The summed E-state index contributed by atoms with van der Waals surface area (Å²) >= 11 is 6.04. The predicted molar refractivity (Wildman–Crippen MR) is 76.6 cm³/mol. The smallest absolute Gasteiger partial charge is 0.270 e. The third-order valence-corrected chi connectivity index (χ3v) is 3.26. The van der Waals surface area contributed by atoms with Gasteiger partial charge in [0.25, 0.3) is 5.69 Å². The molecule has 1 aromatic carbocycles. The van der Waals surface area contributed by atoms with Crippen LogP contribution in [0, 0.1) is 10.1 Å². The van der Waals surface area contributed by atoms with E-state index in [0.29, 0.717) is 11.6 Å². The predicted octanol–water partition coefficient (Wildman–Crippen LogP) is 2.62. The SMILES string of the molecule is CC(Cn1cccn1)NCc1ccc([N+](=O)[O-])cc1Cl. The van der Waals surface area contributed by atoms with Gasteiger partial charge in [-0.05, 0) is 24.6 Å². The lowest BCUT2D eigenvalue weighted by Gasteiger charge is -2.14. The largest absolute Gasteiger partial charge is 0.308 e. The fraction of sp³-hybridized carbons (Fsp3) is 0.308. The zero-order valence-corrected chi connectivity index (χ0v) is 11.7. The van der Waals surface area contributed by atoms with Crippen LogP contribution in [-0.2, 0) is 13.1 Å². The molecule has 0 radical (unpaired) electrons. The van der Waals surface area contributed by atoms with E-state index in [-0.39, 0.29) is 11.7 Å². The van der Waals surface area contributed by atoms with Gasteiger partial charge in [0, 0.05) is 37.1 Å². The summed E-state index contributed by atoms with van der Waals surface area (Å²) in [6.45, 7) is 3.35. The lowest BCUT2D eigenvalue weighted by atomic mass is 10.2. The molecule has 0 bridgehead atoms. The van der Waals surface area contributed by atoms with E-state index in [1.165, 1.54) is 12.1 Å². The number of benzene rings is 1. The lowest BCUT2D eigenvalue weighted by Crippen LogP contribution is -2.30. The molecule has 1 unspecified atom stereocenters. The highest BCUT2D eigenvalue weighted by molar-refractivity contribution is 6.31. The fourth-order valence-corrected chi connectivity index (χ4v) is 2.07. The summed E-state index contributed by atoms with van der Waals surface area (Å²) in [5.74, 6) is 0. The van der Waals surface area contributed by atoms with E-state index in [0.717, 1.165) is 12.1 Å². The van der Waals surface area contributed by atoms with Crippen LogP contribution in [-0.4, -0.2) is 20.7 Å². The third kappa shape index (κ3) is 3.79. The average Bonchev–Trinajstić information content (AvgIpc) is 2.90. The molecule has 7 heteroatoms. The molecule has 106 valence electrons. The maximum Gasteiger partial charge on any atom is 0.270 e. The van der Waals surface area contributed by atoms with Gasteiger partial charge in [-0.2, -0.15) is 5.10 Å². The van der Waals surface area contributed by atoms with Gasteiger partial charge < -0.3 is 5.32 Å². The van der Waals surface area contributed by atoms with E-state index < -0.39 is 4.92 Å². The summed E-state index contributed by atoms with van der Waals surface area (Å²) in [7, 11) is 0.